The average molecular weight is 259 g/mol. The smallest absolute Gasteiger partial charge is 0.310 e. The highest BCUT2D eigenvalue weighted by Crippen LogP contribution is 2.13. The Morgan fingerprint density at radius 1 is 1.44 bits per heavy atom. The first kappa shape index (κ1) is 14.9. The molecule has 6 nitrogen and oxygen atoms in total. The Balaban J connectivity index is 2.20. The van der Waals surface area contributed by atoms with Crippen LogP contribution in [0.2, 0.25) is 0 Å². The molecule has 1 aliphatic heterocycles. The first-order chi connectivity index (χ1) is 8.63. The predicted molar refractivity (Wildman–Crippen MR) is 63.7 cm³/mol. The lowest BCUT2D eigenvalue weighted by Gasteiger charge is -2.15. The molecule has 0 aliphatic carbocycles. The van der Waals surface area contributed by atoms with Crippen LogP contribution in [0.5, 0.6) is 0 Å². The SMILES string of the molecule is CC(=O)OCCC(CN)C(=O)OCC1CCCO1. The number of rotatable bonds is 7. The van der Waals surface area contributed by atoms with E-state index in [2.05, 4.69) is 0 Å². The van der Waals surface area contributed by atoms with Gasteiger partial charge in [0, 0.05) is 20.1 Å². The summed E-state index contributed by atoms with van der Waals surface area (Å²) in [5, 5.41) is 0. The molecule has 2 N–H and O–H groups in total. The van der Waals surface area contributed by atoms with E-state index in [0.29, 0.717) is 6.42 Å². The van der Waals surface area contributed by atoms with Crippen LogP contribution >= 0.6 is 0 Å². The largest absolute Gasteiger partial charge is 0.466 e. The van der Waals surface area contributed by atoms with Crippen LogP contribution in [-0.4, -0.2) is 44.4 Å². The fourth-order valence-corrected chi connectivity index (χ4v) is 1.75. The molecule has 1 aliphatic rings. The van der Waals surface area contributed by atoms with Crippen molar-refractivity contribution >= 4 is 11.9 Å². The first-order valence-electron chi connectivity index (χ1n) is 6.25. The van der Waals surface area contributed by atoms with Crippen LogP contribution in [0.1, 0.15) is 26.2 Å². The third-order valence-electron chi connectivity index (χ3n) is 2.82. The molecule has 2 unspecified atom stereocenters. The maximum atomic E-state index is 11.7. The molecule has 1 saturated heterocycles. The normalized spacial score (nSPS) is 20.4. The molecule has 0 bridgehead atoms. The Bertz CT molecular complexity index is 276. The monoisotopic (exact) mass is 259 g/mol. The van der Waals surface area contributed by atoms with E-state index in [4.69, 9.17) is 19.9 Å². The molecular weight excluding hydrogens is 238 g/mol. The summed E-state index contributed by atoms with van der Waals surface area (Å²) in [6.07, 6.45) is 2.34. The van der Waals surface area contributed by atoms with Crippen LogP contribution in [0, 0.1) is 5.92 Å². The van der Waals surface area contributed by atoms with Gasteiger partial charge in [-0.25, -0.2) is 0 Å². The maximum absolute atomic E-state index is 11.7. The van der Waals surface area contributed by atoms with Crippen molar-refractivity contribution in [2.45, 2.75) is 32.3 Å². The molecule has 0 aromatic carbocycles. The Labute approximate surface area is 107 Å². The van der Waals surface area contributed by atoms with E-state index in [9.17, 15) is 9.59 Å². The molecule has 1 heterocycles. The summed E-state index contributed by atoms with van der Waals surface area (Å²) in [6.45, 7) is 2.71. The summed E-state index contributed by atoms with van der Waals surface area (Å²) < 4.78 is 15.3. The number of esters is 2. The molecule has 0 radical (unpaired) electrons. The second-order valence-corrected chi connectivity index (χ2v) is 4.33. The zero-order chi connectivity index (χ0) is 13.4. The highest BCUT2D eigenvalue weighted by Gasteiger charge is 2.22. The molecule has 0 aromatic rings. The maximum Gasteiger partial charge on any atom is 0.310 e. The summed E-state index contributed by atoms with van der Waals surface area (Å²) in [6, 6.07) is 0. The number of carbonyl (C=O) groups excluding carboxylic acids is 2. The second-order valence-electron chi connectivity index (χ2n) is 4.33. The average Bonchev–Trinajstić information content (AvgIpc) is 2.84. The molecule has 0 aromatic heterocycles. The van der Waals surface area contributed by atoms with Crippen LogP contribution in [0.4, 0.5) is 0 Å². The predicted octanol–water partition coefficient (Wildman–Crippen LogP) is 0.237. The Morgan fingerprint density at radius 2 is 2.22 bits per heavy atom. The van der Waals surface area contributed by atoms with Gasteiger partial charge < -0.3 is 19.9 Å². The summed E-state index contributed by atoms with van der Waals surface area (Å²) in [4.78, 5) is 22.3. The zero-order valence-electron chi connectivity index (χ0n) is 10.7. The van der Waals surface area contributed by atoms with Gasteiger partial charge in [0.15, 0.2) is 0 Å². The highest BCUT2D eigenvalue weighted by molar-refractivity contribution is 5.72. The fraction of sp³-hybridized carbons (Fsp3) is 0.833. The fourth-order valence-electron chi connectivity index (χ4n) is 1.75. The summed E-state index contributed by atoms with van der Waals surface area (Å²) >= 11 is 0. The van der Waals surface area contributed by atoms with Crippen LogP contribution in [-0.2, 0) is 23.8 Å². The van der Waals surface area contributed by atoms with Gasteiger partial charge in [0.2, 0.25) is 0 Å². The minimum atomic E-state index is -0.425. The van der Waals surface area contributed by atoms with Crippen LogP contribution in [0.25, 0.3) is 0 Å². The summed E-state index contributed by atoms with van der Waals surface area (Å²) in [7, 11) is 0. The molecule has 18 heavy (non-hydrogen) atoms. The Kier molecular flexibility index (Phi) is 6.67. The van der Waals surface area contributed by atoms with Gasteiger partial charge in [0.05, 0.1) is 18.6 Å². The number of ether oxygens (including phenoxy) is 3. The van der Waals surface area contributed by atoms with E-state index in [1.807, 2.05) is 0 Å². The third-order valence-corrected chi connectivity index (χ3v) is 2.82. The second kappa shape index (κ2) is 8.05. The van der Waals surface area contributed by atoms with Crippen molar-refractivity contribution in [3.63, 3.8) is 0 Å². The first-order valence-corrected chi connectivity index (χ1v) is 6.25. The van der Waals surface area contributed by atoms with E-state index >= 15 is 0 Å². The van der Waals surface area contributed by atoms with Crippen molar-refractivity contribution in [1.29, 1.82) is 0 Å². The van der Waals surface area contributed by atoms with E-state index < -0.39 is 5.92 Å². The van der Waals surface area contributed by atoms with Gasteiger partial charge in [-0.3, -0.25) is 9.59 Å². The summed E-state index contributed by atoms with van der Waals surface area (Å²) in [5.74, 6) is -1.13. The van der Waals surface area contributed by atoms with Crippen LogP contribution < -0.4 is 5.73 Å². The van der Waals surface area contributed by atoms with Crippen molar-refractivity contribution in [2.24, 2.45) is 11.7 Å². The van der Waals surface area contributed by atoms with Gasteiger partial charge in [0.25, 0.3) is 0 Å². The van der Waals surface area contributed by atoms with Gasteiger partial charge in [-0.15, -0.1) is 0 Å². The zero-order valence-corrected chi connectivity index (χ0v) is 10.7. The van der Waals surface area contributed by atoms with E-state index in [1.54, 1.807) is 0 Å². The van der Waals surface area contributed by atoms with Gasteiger partial charge in [-0.05, 0) is 19.3 Å². The minimum Gasteiger partial charge on any atom is -0.466 e. The van der Waals surface area contributed by atoms with Crippen molar-refractivity contribution in [2.75, 3.05) is 26.4 Å². The van der Waals surface area contributed by atoms with E-state index in [1.165, 1.54) is 6.92 Å². The van der Waals surface area contributed by atoms with Crippen molar-refractivity contribution in [3.05, 3.63) is 0 Å². The van der Waals surface area contributed by atoms with Gasteiger partial charge in [-0.1, -0.05) is 0 Å². The van der Waals surface area contributed by atoms with Gasteiger partial charge in [0.1, 0.15) is 6.61 Å². The lowest BCUT2D eigenvalue weighted by atomic mass is 10.1. The van der Waals surface area contributed by atoms with E-state index in [-0.39, 0.29) is 37.8 Å². The van der Waals surface area contributed by atoms with E-state index in [0.717, 1.165) is 19.4 Å². The highest BCUT2D eigenvalue weighted by atomic mass is 16.6. The topological polar surface area (TPSA) is 87.9 Å². The van der Waals surface area contributed by atoms with Crippen LogP contribution in [0.15, 0.2) is 0 Å². The molecule has 0 spiro atoms. The van der Waals surface area contributed by atoms with Gasteiger partial charge >= 0.3 is 11.9 Å². The molecule has 6 heteroatoms. The lowest BCUT2D eigenvalue weighted by Crippen LogP contribution is -2.29. The number of nitrogens with two attached hydrogens (primary N) is 1. The van der Waals surface area contributed by atoms with Crippen molar-refractivity contribution in [1.82, 2.24) is 0 Å². The standard InChI is InChI=1S/C12H21NO5/c1-9(14)16-6-4-10(7-13)12(15)18-8-11-3-2-5-17-11/h10-11H,2-8,13H2,1H3. The number of hydrogen-bond donors (Lipinski definition) is 1. The number of hydrogen-bond acceptors (Lipinski definition) is 6. The third kappa shape index (κ3) is 5.46. The molecule has 1 fully saturated rings. The molecule has 0 saturated carbocycles. The Morgan fingerprint density at radius 3 is 2.78 bits per heavy atom. The molecule has 104 valence electrons. The molecular formula is C12H21NO5. The lowest BCUT2D eigenvalue weighted by molar-refractivity contribution is -0.153. The quantitative estimate of drug-likeness (QED) is 0.659. The Hall–Kier alpha value is -1.14. The minimum absolute atomic E-state index is 0.0147. The summed E-state index contributed by atoms with van der Waals surface area (Å²) in [5.41, 5.74) is 5.50. The van der Waals surface area contributed by atoms with Crippen LogP contribution in [0.3, 0.4) is 0 Å². The van der Waals surface area contributed by atoms with Crippen molar-refractivity contribution in [3.8, 4) is 0 Å². The molecule has 1 rings (SSSR count). The van der Waals surface area contributed by atoms with Gasteiger partial charge in [-0.2, -0.15) is 0 Å². The molecule has 0 amide bonds. The van der Waals surface area contributed by atoms with Crippen molar-refractivity contribution < 1.29 is 23.8 Å². The molecule has 2 atom stereocenters. The number of carbonyl (C=O) groups is 2.